The number of amides is 2. The highest BCUT2D eigenvalue weighted by Gasteiger charge is 2.48. The number of nitrogens with one attached hydrogen (secondary N) is 1. The third kappa shape index (κ3) is 5.36. The molecule has 3 rings (SSSR count). The van der Waals surface area contributed by atoms with E-state index in [1.807, 2.05) is 71.9 Å². The van der Waals surface area contributed by atoms with Crippen LogP contribution in [0.1, 0.15) is 61.7 Å². The summed E-state index contributed by atoms with van der Waals surface area (Å²) in [4.78, 5) is 31.8. The fourth-order valence-corrected chi connectivity index (χ4v) is 4.83. The Morgan fingerprint density at radius 1 is 1.21 bits per heavy atom. The van der Waals surface area contributed by atoms with Crippen molar-refractivity contribution < 1.29 is 19.5 Å². The van der Waals surface area contributed by atoms with Gasteiger partial charge in [0.05, 0.1) is 5.41 Å². The molecule has 0 radical (unpaired) electrons. The van der Waals surface area contributed by atoms with Gasteiger partial charge in [0, 0.05) is 17.9 Å². The molecule has 2 heterocycles. The van der Waals surface area contributed by atoms with Gasteiger partial charge in [-0.1, -0.05) is 19.9 Å². The van der Waals surface area contributed by atoms with E-state index < -0.39 is 17.4 Å². The molecule has 2 aromatic rings. The zero-order valence-corrected chi connectivity index (χ0v) is 20.4. The Morgan fingerprint density at radius 2 is 1.88 bits per heavy atom. The van der Waals surface area contributed by atoms with Gasteiger partial charge in [0.2, 0.25) is 5.91 Å². The van der Waals surface area contributed by atoms with Crippen molar-refractivity contribution in [1.29, 1.82) is 0 Å². The van der Waals surface area contributed by atoms with E-state index in [0.717, 1.165) is 33.8 Å². The fourth-order valence-electron chi connectivity index (χ4n) is 4.83. The van der Waals surface area contributed by atoms with Gasteiger partial charge in [0.1, 0.15) is 18.4 Å². The van der Waals surface area contributed by atoms with Gasteiger partial charge in [-0.15, -0.1) is 0 Å². The molecular formula is C26H35N3O4. The zero-order chi connectivity index (χ0) is 24.3. The molecule has 2 N–H and O–H groups in total. The van der Waals surface area contributed by atoms with Crippen LogP contribution in [0.5, 0.6) is 5.75 Å². The van der Waals surface area contributed by atoms with Gasteiger partial charge in [0.25, 0.3) is 5.91 Å². The first-order valence-corrected chi connectivity index (χ1v) is 11.5. The smallest absolute Gasteiger partial charge is 0.266 e. The first kappa shape index (κ1) is 24.7. The van der Waals surface area contributed by atoms with Crippen LogP contribution < -0.4 is 10.2 Å². The highest BCUT2D eigenvalue weighted by molar-refractivity contribution is 5.94. The van der Waals surface area contributed by atoms with E-state index in [0.29, 0.717) is 26.0 Å². The highest BCUT2D eigenvalue weighted by Crippen LogP contribution is 2.39. The quantitative estimate of drug-likeness (QED) is 0.466. The monoisotopic (exact) mass is 453 g/mol. The predicted octanol–water partition coefficient (Wildman–Crippen LogP) is 4.00. The average molecular weight is 454 g/mol. The number of rotatable bonds is 8. The van der Waals surface area contributed by atoms with Crippen molar-refractivity contribution in [2.24, 2.45) is 5.92 Å². The van der Waals surface area contributed by atoms with Crippen LogP contribution in [0.15, 0.2) is 30.3 Å². The summed E-state index contributed by atoms with van der Waals surface area (Å²) in [5.74, 6) is 0.323. The normalized spacial score (nSPS) is 19.2. The van der Waals surface area contributed by atoms with Gasteiger partial charge in [-0.2, -0.15) is 0 Å². The van der Waals surface area contributed by atoms with Crippen LogP contribution in [-0.4, -0.2) is 39.5 Å². The van der Waals surface area contributed by atoms with Crippen molar-refractivity contribution in [3.63, 3.8) is 0 Å². The lowest BCUT2D eigenvalue weighted by Gasteiger charge is -2.30. The number of pyridine rings is 1. The van der Waals surface area contributed by atoms with E-state index in [-0.39, 0.29) is 11.8 Å². The maximum atomic E-state index is 13.5. The SMILES string of the molecule is Cc1cc(COc2ccc(C3(C)CCN(C(CC(C)C)C(=O)NO)C3=O)c(C)c2)cc(C)n1. The largest absolute Gasteiger partial charge is 0.489 e. The number of aryl methyl sites for hydroxylation is 3. The Balaban J connectivity index is 1.78. The van der Waals surface area contributed by atoms with Crippen LogP contribution in [-0.2, 0) is 21.6 Å². The van der Waals surface area contributed by atoms with Gasteiger partial charge in [-0.3, -0.25) is 19.8 Å². The number of aromatic nitrogens is 1. The molecule has 0 bridgehead atoms. The molecule has 7 nitrogen and oxygen atoms in total. The van der Waals surface area contributed by atoms with Crippen LogP contribution in [0.3, 0.4) is 0 Å². The first-order chi connectivity index (χ1) is 15.5. The fraction of sp³-hybridized carbons (Fsp3) is 0.500. The minimum absolute atomic E-state index is 0.0868. The number of likely N-dealkylation sites (tertiary alicyclic amines) is 1. The molecule has 1 aliphatic rings. The van der Waals surface area contributed by atoms with Gasteiger partial charge in [-0.05, 0) is 87.4 Å². The lowest BCUT2D eigenvalue weighted by Crippen LogP contribution is -2.49. The van der Waals surface area contributed by atoms with Crippen molar-refractivity contribution in [1.82, 2.24) is 15.4 Å². The molecule has 7 heteroatoms. The molecule has 1 fully saturated rings. The Bertz CT molecular complexity index is 1020. The number of nitrogens with zero attached hydrogens (tertiary/aromatic N) is 2. The number of hydrogen-bond donors (Lipinski definition) is 2. The molecule has 1 aromatic heterocycles. The van der Waals surface area contributed by atoms with Crippen LogP contribution in [0, 0.1) is 26.7 Å². The highest BCUT2D eigenvalue weighted by atomic mass is 16.5. The molecule has 1 aromatic carbocycles. The summed E-state index contributed by atoms with van der Waals surface area (Å²) in [5, 5.41) is 9.19. The number of benzene rings is 1. The van der Waals surface area contributed by atoms with E-state index in [2.05, 4.69) is 4.98 Å². The van der Waals surface area contributed by atoms with Gasteiger partial charge in [-0.25, -0.2) is 5.48 Å². The minimum Gasteiger partial charge on any atom is -0.489 e. The summed E-state index contributed by atoms with van der Waals surface area (Å²) < 4.78 is 6.01. The van der Waals surface area contributed by atoms with Crippen LogP contribution >= 0.6 is 0 Å². The standard InChI is InChI=1S/C26H35N3O4/c1-16(2)11-23(24(30)28-32)29-10-9-26(6,25(29)31)22-8-7-21(12-17(22)3)33-15-20-13-18(4)27-19(5)14-20/h7-8,12-14,16,23,32H,9-11,15H2,1-6H3,(H,28,30). The van der Waals surface area contributed by atoms with Crippen molar-refractivity contribution in [3.05, 3.63) is 58.4 Å². The van der Waals surface area contributed by atoms with Gasteiger partial charge >= 0.3 is 0 Å². The van der Waals surface area contributed by atoms with E-state index in [1.54, 1.807) is 10.4 Å². The number of hydroxylamine groups is 1. The Hall–Kier alpha value is -2.93. The molecule has 1 saturated heterocycles. The zero-order valence-electron chi connectivity index (χ0n) is 20.4. The van der Waals surface area contributed by atoms with E-state index in [9.17, 15) is 14.8 Å². The first-order valence-electron chi connectivity index (χ1n) is 11.5. The van der Waals surface area contributed by atoms with E-state index >= 15 is 0 Å². The van der Waals surface area contributed by atoms with Crippen LogP contribution in [0.25, 0.3) is 0 Å². The van der Waals surface area contributed by atoms with Crippen molar-refractivity contribution >= 4 is 11.8 Å². The summed E-state index contributed by atoms with van der Waals surface area (Å²) in [6, 6.07) is 9.16. The Labute approximate surface area is 196 Å². The molecule has 2 amide bonds. The maximum absolute atomic E-state index is 13.5. The Kier molecular flexibility index (Phi) is 7.42. The number of hydrogen-bond acceptors (Lipinski definition) is 5. The molecule has 2 atom stereocenters. The number of carbonyl (C=O) groups excluding carboxylic acids is 2. The topological polar surface area (TPSA) is 91.8 Å². The third-order valence-electron chi connectivity index (χ3n) is 6.41. The second-order valence-corrected chi connectivity index (χ2v) is 9.73. The summed E-state index contributed by atoms with van der Waals surface area (Å²) in [5.41, 5.74) is 5.90. The summed E-state index contributed by atoms with van der Waals surface area (Å²) in [6.45, 7) is 12.8. The average Bonchev–Trinajstić information content (AvgIpc) is 3.04. The maximum Gasteiger partial charge on any atom is 0.266 e. The number of carbonyl (C=O) groups is 2. The van der Waals surface area contributed by atoms with Crippen molar-refractivity contribution in [2.75, 3.05) is 6.54 Å². The molecule has 0 saturated carbocycles. The summed E-state index contributed by atoms with van der Waals surface area (Å²) >= 11 is 0. The second-order valence-electron chi connectivity index (χ2n) is 9.73. The Morgan fingerprint density at radius 3 is 2.45 bits per heavy atom. The van der Waals surface area contributed by atoms with Crippen molar-refractivity contribution in [3.8, 4) is 5.75 Å². The van der Waals surface area contributed by atoms with Gasteiger partial charge in [0.15, 0.2) is 0 Å². The van der Waals surface area contributed by atoms with Crippen LogP contribution in [0.2, 0.25) is 0 Å². The summed E-state index contributed by atoms with van der Waals surface area (Å²) in [7, 11) is 0. The molecule has 0 aliphatic carbocycles. The van der Waals surface area contributed by atoms with Crippen LogP contribution in [0.4, 0.5) is 0 Å². The molecule has 33 heavy (non-hydrogen) atoms. The summed E-state index contributed by atoms with van der Waals surface area (Å²) in [6.07, 6.45) is 1.10. The lowest BCUT2D eigenvalue weighted by atomic mass is 9.78. The molecule has 0 spiro atoms. The van der Waals surface area contributed by atoms with E-state index in [1.165, 1.54) is 0 Å². The predicted molar refractivity (Wildman–Crippen MR) is 126 cm³/mol. The second kappa shape index (κ2) is 9.91. The number of ether oxygens (including phenoxy) is 1. The minimum atomic E-state index is -0.729. The molecule has 1 aliphatic heterocycles. The molecular weight excluding hydrogens is 418 g/mol. The molecule has 2 unspecified atom stereocenters. The van der Waals surface area contributed by atoms with E-state index in [4.69, 9.17) is 4.74 Å². The lowest BCUT2D eigenvalue weighted by molar-refractivity contribution is -0.144. The molecule has 178 valence electrons. The third-order valence-corrected chi connectivity index (χ3v) is 6.41. The van der Waals surface area contributed by atoms with Crippen molar-refractivity contribution in [2.45, 2.75) is 72.4 Å². The van der Waals surface area contributed by atoms with Gasteiger partial charge < -0.3 is 9.64 Å².